The van der Waals surface area contributed by atoms with Crippen LogP contribution in [0.1, 0.15) is 21.5 Å². The van der Waals surface area contributed by atoms with Crippen LogP contribution in [0.25, 0.3) is 0 Å². The second kappa shape index (κ2) is 8.36. The molecule has 0 bridgehead atoms. The average molecular weight is 425 g/mol. The van der Waals surface area contributed by atoms with Gasteiger partial charge in [0, 0.05) is 16.9 Å². The lowest BCUT2D eigenvalue weighted by atomic mass is 10.0. The minimum absolute atomic E-state index is 0.237. The maximum atomic E-state index is 12.9. The summed E-state index contributed by atoms with van der Waals surface area (Å²) in [5, 5.41) is 0.532. The van der Waals surface area contributed by atoms with Crippen LogP contribution in [0.15, 0.2) is 41.4 Å². The van der Waals surface area contributed by atoms with Gasteiger partial charge in [0.25, 0.3) is 0 Å². The number of methoxy groups -OCH3 is 3. The summed E-state index contributed by atoms with van der Waals surface area (Å²) in [6.07, 6.45) is -4.39. The molecule has 0 fully saturated rings. The minimum Gasteiger partial charge on any atom is -0.493 e. The molecule has 0 radical (unpaired) electrons. The number of hydrogen-bond acceptors (Lipinski definition) is 6. The van der Waals surface area contributed by atoms with Crippen LogP contribution in [-0.4, -0.2) is 44.0 Å². The molecular formula is C20H18F3NO4S. The third-order valence-electron chi connectivity index (χ3n) is 4.36. The fraction of sp³-hybridized carbons (Fsp3) is 0.300. The minimum atomic E-state index is -4.39. The molecule has 0 aliphatic carbocycles. The first kappa shape index (κ1) is 21.0. The van der Waals surface area contributed by atoms with Crippen molar-refractivity contribution >= 4 is 22.6 Å². The number of benzene rings is 2. The lowest BCUT2D eigenvalue weighted by molar-refractivity contribution is -0.137. The highest BCUT2D eigenvalue weighted by Crippen LogP contribution is 2.39. The number of ether oxygens (including phenoxy) is 3. The highest BCUT2D eigenvalue weighted by molar-refractivity contribution is 8.14. The lowest BCUT2D eigenvalue weighted by Crippen LogP contribution is -2.19. The van der Waals surface area contributed by atoms with Crippen LogP contribution in [0, 0.1) is 0 Å². The number of aliphatic imine (C=N–C) groups is 1. The van der Waals surface area contributed by atoms with Gasteiger partial charge in [-0.3, -0.25) is 9.79 Å². The second-order valence-corrected chi connectivity index (χ2v) is 7.12. The second-order valence-electron chi connectivity index (χ2n) is 6.11. The summed E-state index contributed by atoms with van der Waals surface area (Å²) in [7, 11) is 4.38. The monoisotopic (exact) mass is 425 g/mol. The van der Waals surface area contributed by atoms with Crippen molar-refractivity contribution in [2.24, 2.45) is 4.99 Å². The topological polar surface area (TPSA) is 57.1 Å². The molecular weight excluding hydrogens is 407 g/mol. The Labute approximate surface area is 169 Å². The van der Waals surface area contributed by atoms with E-state index >= 15 is 0 Å². The first-order valence-corrected chi connectivity index (χ1v) is 9.49. The van der Waals surface area contributed by atoms with E-state index in [0.29, 0.717) is 39.2 Å². The zero-order valence-electron chi connectivity index (χ0n) is 15.9. The van der Waals surface area contributed by atoms with Gasteiger partial charge >= 0.3 is 6.18 Å². The maximum Gasteiger partial charge on any atom is 0.416 e. The first-order chi connectivity index (χ1) is 13.8. The predicted molar refractivity (Wildman–Crippen MR) is 105 cm³/mol. The average Bonchev–Trinajstić information content (AvgIpc) is 3.21. The molecule has 1 aliphatic heterocycles. The molecule has 0 amide bonds. The van der Waals surface area contributed by atoms with E-state index in [2.05, 4.69) is 4.99 Å². The third kappa shape index (κ3) is 4.34. The van der Waals surface area contributed by atoms with Crippen molar-refractivity contribution in [1.82, 2.24) is 0 Å². The van der Waals surface area contributed by atoms with Crippen molar-refractivity contribution < 1.29 is 32.2 Å². The van der Waals surface area contributed by atoms with Crippen LogP contribution in [-0.2, 0) is 6.18 Å². The molecule has 1 atom stereocenters. The molecule has 5 nitrogen and oxygen atoms in total. The largest absolute Gasteiger partial charge is 0.493 e. The van der Waals surface area contributed by atoms with E-state index in [4.69, 9.17) is 14.2 Å². The van der Waals surface area contributed by atoms with Crippen LogP contribution >= 0.6 is 11.8 Å². The van der Waals surface area contributed by atoms with Gasteiger partial charge in [0.15, 0.2) is 17.3 Å². The van der Waals surface area contributed by atoms with Gasteiger partial charge in [-0.25, -0.2) is 0 Å². The Balaban J connectivity index is 1.85. The lowest BCUT2D eigenvalue weighted by Gasteiger charge is -2.14. The molecule has 0 N–H and O–H groups in total. The van der Waals surface area contributed by atoms with Crippen LogP contribution < -0.4 is 14.2 Å². The van der Waals surface area contributed by atoms with E-state index < -0.39 is 17.8 Å². The van der Waals surface area contributed by atoms with E-state index in [0.717, 1.165) is 12.1 Å². The van der Waals surface area contributed by atoms with Gasteiger partial charge in [0.2, 0.25) is 5.75 Å². The van der Waals surface area contributed by atoms with Crippen molar-refractivity contribution in [3.05, 3.63) is 53.1 Å². The summed E-state index contributed by atoms with van der Waals surface area (Å²) < 4.78 is 54.0. The third-order valence-corrected chi connectivity index (χ3v) is 5.46. The highest BCUT2D eigenvalue weighted by atomic mass is 32.2. The van der Waals surface area contributed by atoms with Crippen LogP contribution in [0.5, 0.6) is 17.2 Å². The number of carbonyl (C=O) groups excluding carboxylic acids is 1. The normalized spacial score (nSPS) is 16.3. The smallest absolute Gasteiger partial charge is 0.416 e. The van der Waals surface area contributed by atoms with Crippen LogP contribution in [0.3, 0.4) is 0 Å². The Hall–Kier alpha value is -2.68. The number of carbonyl (C=O) groups is 1. The molecule has 2 aromatic carbocycles. The molecule has 1 heterocycles. The molecule has 0 saturated carbocycles. The van der Waals surface area contributed by atoms with Crippen LogP contribution in [0.2, 0.25) is 0 Å². The maximum absolute atomic E-state index is 12.9. The summed E-state index contributed by atoms with van der Waals surface area (Å²) >= 11 is 1.33. The molecule has 29 heavy (non-hydrogen) atoms. The molecule has 0 saturated heterocycles. The summed E-state index contributed by atoms with van der Waals surface area (Å²) in [6, 6.07) is 7.20. The number of hydrogen-bond donors (Lipinski definition) is 0. The summed E-state index contributed by atoms with van der Waals surface area (Å²) in [6.45, 7) is 0. The number of Topliss-reactive ketones (excluding diaryl/α,β-unsaturated/α-hetero) is 1. The van der Waals surface area contributed by atoms with E-state index in [9.17, 15) is 18.0 Å². The fourth-order valence-electron chi connectivity index (χ4n) is 2.88. The van der Waals surface area contributed by atoms with E-state index in [1.807, 2.05) is 0 Å². The van der Waals surface area contributed by atoms with Gasteiger partial charge < -0.3 is 14.2 Å². The summed E-state index contributed by atoms with van der Waals surface area (Å²) in [5.74, 6) is 1.24. The van der Waals surface area contributed by atoms with Crippen molar-refractivity contribution in [2.45, 2.75) is 12.2 Å². The number of thioether (sulfide) groups is 1. The summed E-state index contributed by atoms with van der Waals surface area (Å²) in [4.78, 5) is 17.3. The molecule has 0 spiro atoms. The predicted octanol–water partition coefficient (Wildman–Crippen LogP) is 4.48. The van der Waals surface area contributed by atoms with Gasteiger partial charge in [-0.15, -0.1) is 11.8 Å². The molecule has 2 aromatic rings. The van der Waals surface area contributed by atoms with Gasteiger partial charge in [0.1, 0.15) is 6.04 Å². The van der Waals surface area contributed by atoms with Gasteiger partial charge in [-0.2, -0.15) is 13.2 Å². The Kier molecular flexibility index (Phi) is 6.07. The fourth-order valence-corrected chi connectivity index (χ4v) is 3.93. The molecule has 0 aromatic heterocycles. The SMILES string of the molecule is COc1cc(C(=O)C2CSC(c3ccc(C(F)(F)F)cc3)=N2)cc(OC)c1OC. The Morgan fingerprint density at radius 2 is 1.62 bits per heavy atom. The standard InChI is InChI=1S/C20H18F3NO4S/c1-26-15-8-12(9-16(27-2)18(15)28-3)17(25)14-10-29-19(24-14)11-4-6-13(7-5-11)20(21,22)23/h4-9,14H,10H2,1-3H3. The molecule has 1 aliphatic rings. The molecule has 9 heteroatoms. The number of rotatable bonds is 6. The Morgan fingerprint density at radius 3 is 2.10 bits per heavy atom. The van der Waals surface area contributed by atoms with E-state index in [1.54, 1.807) is 12.1 Å². The van der Waals surface area contributed by atoms with Gasteiger partial charge in [-0.1, -0.05) is 12.1 Å². The van der Waals surface area contributed by atoms with Gasteiger partial charge in [-0.05, 0) is 24.3 Å². The first-order valence-electron chi connectivity index (χ1n) is 8.51. The van der Waals surface area contributed by atoms with E-state index in [1.165, 1.54) is 45.2 Å². The van der Waals surface area contributed by atoms with E-state index in [-0.39, 0.29) is 5.78 Å². The number of halogens is 3. The quantitative estimate of drug-likeness (QED) is 0.639. The molecule has 3 rings (SSSR count). The number of alkyl halides is 3. The number of ketones is 1. The zero-order chi connectivity index (χ0) is 21.2. The Bertz CT molecular complexity index is 917. The van der Waals surface area contributed by atoms with Crippen molar-refractivity contribution in [3.8, 4) is 17.2 Å². The number of nitrogens with zero attached hydrogens (tertiary/aromatic N) is 1. The Morgan fingerprint density at radius 1 is 1.03 bits per heavy atom. The van der Waals surface area contributed by atoms with Crippen molar-refractivity contribution in [1.29, 1.82) is 0 Å². The van der Waals surface area contributed by atoms with Crippen molar-refractivity contribution in [3.63, 3.8) is 0 Å². The molecule has 1 unspecified atom stereocenters. The van der Waals surface area contributed by atoms with Gasteiger partial charge in [0.05, 0.1) is 31.9 Å². The zero-order valence-corrected chi connectivity index (χ0v) is 16.7. The highest BCUT2D eigenvalue weighted by Gasteiger charge is 2.31. The van der Waals surface area contributed by atoms with Crippen molar-refractivity contribution in [2.75, 3.05) is 27.1 Å². The van der Waals surface area contributed by atoms with Crippen LogP contribution in [0.4, 0.5) is 13.2 Å². The molecule has 154 valence electrons. The summed E-state index contributed by atoms with van der Waals surface area (Å²) in [5.41, 5.74) is 0.167.